The molecule has 106 valence electrons. The van der Waals surface area contributed by atoms with E-state index in [0.717, 1.165) is 24.3 Å². The molecular weight excluding hydrogens is 284 g/mol. The number of hydrogen-bond donors (Lipinski definition) is 1. The van der Waals surface area contributed by atoms with Crippen molar-refractivity contribution in [3.8, 4) is 0 Å². The summed E-state index contributed by atoms with van der Waals surface area (Å²) in [5.74, 6) is -1.62. The van der Waals surface area contributed by atoms with Crippen molar-refractivity contribution < 1.29 is 17.2 Å². The Labute approximate surface area is 116 Å². The van der Waals surface area contributed by atoms with E-state index in [9.17, 15) is 17.2 Å². The van der Waals surface area contributed by atoms with Crippen LogP contribution in [0.4, 0.5) is 8.78 Å². The molecule has 0 heterocycles. The predicted molar refractivity (Wildman–Crippen MR) is 71.6 cm³/mol. The summed E-state index contributed by atoms with van der Waals surface area (Å²) in [6, 6.07) is 8.56. The summed E-state index contributed by atoms with van der Waals surface area (Å²) in [7, 11) is -3.73. The highest BCUT2D eigenvalue weighted by Gasteiger charge is 2.18. The highest BCUT2D eigenvalue weighted by Crippen LogP contribution is 2.19. The van der Waals surface area contributed by atoms with Crippen molar-refractivity contribution >= 4 is 9.84 Å². The number of benzene rings is 2. The van der Waals surface area contributed by atoms with Gasteiger partial charge in [0.25, 0.3) is 0 Å². The summed E-state index contributed by atoms with van der Waals surface area (Å²) in [4.78, 5) is -0.0450. The molecule has 2 aromatic rings. The first kappa shape index (κ1) is 14.6. The van der Waals surface area contributed by atoms with Crippen molar-refractivity contribution in [2.24, 2.45) is 5.73 Å². The lowest BCUT2D eigenvalue weighted by Gasteiger charge is -2.07. The van der Waals surface area contributed by atoms with Crippen molar-refractivity contribution in [2.75, 3.05) is 0 Å². The van der Waals surface area contributed by atoms with Gasteiger partial charge in [-0.15, -0.1) is 0 Å². The average Bonchev–Trinajstić information content (AvgIpc) is 2.41. The molecule has 0 aliphatic carbocycles. The van der Waals surface area contributed by atoms with Gasteiger partial charge in [0.05, 0.1) is 10.6 Å². The zero-order chi connectivity index (χ0) is 14.8. The Hall–Kier alpha value is -1.79. The lowest BCUT2D eigenvalue weighted by atomic mass is 10.1. The largest absolute Gasteiger partial charge is 0.326 e. The van der Waals surface area contributed by atoms with E-state index in [4.69, 9.17) is 5.73 Å². The van der Waals surface area contributed by atoms with Crippen LogP contribution in [0.15, 0.2) is 47.4 Å². The van der Waals surface area contributed by atoms with Gasteiger partial charge in [-0.2, -0.15) is 0 Å². The molecule has 20 heavy (non-hydrogen) atoms. The maximum absolute atomic E-state index is 13.7. The van der Waals surface area contributed by atoms with Gasteiger partial charge in [0.2, 0.25) is 0 Å². The molecule has 0 spiro atoms. The lowest BCUT2D eigenvalue weighted by molar-refractivity contribution is 0.586. The van der Waals surface area contributed by atoms with Crippen molar-refractivity contribution in [1.82, 2.24) is 0 Å². The van der Waals surface area contributed by atoms with E-state index in [0.29, 0.717) is 5.56 Å². The van der Waals surface area contributed by atoms with Gasteiger partial charge in [-0.1, -0.05) is 12.1 Å². The molecule has 2 aromatic carbocycles. The van der Waals surface area contributed by atoms with Gasteiger partial charge in [0.1, 0.15) is 11.6 Å². The molecule has 0 saturated heterocycles. The van der Waals surface area contributed by atoms with E-state index in [1.165, 1.54) is 18.2 Å². The highest BCUT2D eigenvalue weighted by molar-refractivity contribution is 7.90. The van der Waals surface area contributed by atoms with Crippen molar-refractivity contribution in [1.29, 1.82) is 0 Å². The minimum atomic E-state index is -3.73. The SMILES string of the molecule is NCc1ccc(F)c(CS(=O)(=O)c2ccc(F)cc2)c1. The first-order valence-corrected chi connectivity index (χ1v) is 7.53. The van der Waals surface area contributed by atoms with E-state index < -0.39 is 27.2 Å². The van der Waals surface area contributed by atoms with Crippen molar-refractivity contribution in [3.63, 3.8) is 0 Å². The number of rotatable bonds is 4. The summed E-state index contributed by atoms with van der Waals surface area (Å²) >= 11 is 0. The topological polar surface area (TPSA) is 60.2 Å². The van der Waals surface area contributed by atoms with Crippen LogP contribution in [0, 0.1) is 11.6 Å². The van der Waals surface area contributed by atoms with Gasteiger partial charge in [0.15, 0.2) is 9.84 Å². The normalized spacial score (nSPS) is 11.6. The standard InChI is InChI=1S/C14H13F2NO2S/c15-12-2-4-13(5-3-12)20(18,19)9-11-7-10(8-17)1-6-14(11)16/h1-7H,8-9,17H2. The maximum atomic E-state index is 13.7. The third kappa shape index (κ3) is 3.20. The predicted octanol–water partition coefficient (Wildman–Crippen LogP) is 2.40. The van der Waals surface area contributed by atoms with Gasteiger partial charge < -0.3 is 5.73 Å². The Morgan fingerprint density at radius 2 is 1.65 bits per heavy atom. The van der Waals surface area contributed by atoms with E-state index in [1.807, 2.05) is 0 Å². The third-order valence-electron chi connectivity index (χ3n) is 2.86. The van der Waals surface area contributed by atoms with Crippen LogP contribution in [0.2, 0.25) is 0 Å². The molecule has 0 bridgehead atoms. The second-order valence-corrected chi connectivity index (χ2v) is 6.33. The van der Waals surface area contributed by atoms with Crippen LogP contribution in [-0.4, -0.2) is 8.42 Å². The molecule has 0 fully saturated rings. The molecule has 0 aromatic heterocycles. The zero-order valence-electron chi connectivity index (χ0n) is 10.5. The molecule has 2 N–H and O–H groups in total. The summed E-state index contributed by atoms with van der Waals surface area (Å²) in [5, 5.41) is 0. The smallest absolute Gasteiger partial charge is 0.182 e. The quantitative estimate of drug-likeness (QED) is 0.882. The van der Waals surface area contributed by atoms with E-state index >= 15 is 0 Å². The fraction of sp³-hybridized carbons (Fsp3) is 0.143. The Kier molecular flexibility index (Phi) is 4.15. The van der Waals surface area contributed by atoms with Crippen LogP contribution in [0.1, 0.15) is 11.1 Å². The van der Waals surface area contributed by atoms with Gasteiger partial charge in [-0.3, -0.25) is 0 Å². The molecule has 6 heteroatoms. The van der Waals surface area contributed by atoms with Crippen LogP contribution in [0.25, 0.3) is 0 Å². The van der Waals surface area contributed by atoms with Gasteiger partial charge in [0, 0.05) is 12.1 Å². The molecule has 0 unspecified atom stereocenters. The lowest BCUT2D eigenvalue weighted by Crippen LogP contribution is -2.08. The van der Waals surface area contributed by atoms with Gasteiger partial charge >= 0.3 is 0 Å². The molecule has 3 nitrogen and oxygen atoms in total. The summed E-state index contributed by atoms with van der Waals surface area (Å²) in [6.45, 7) is 0.198. The fourth-order valence-electron chi connectivity index (χ4n) is 1.80. The molecular formula is C14H13F2NO2S. The third-order valence-corrected chi connectivity index (χ3v) is 4.55. The average molecular weight is 297 g/mol. The molecule has 0 aliphatic heterocycles. The maximum Gasteiger partial charge on any atom is 0.182 e. The fourth-order valence-corrected chi connectivity index (χ4v) is 3.14. The Bertz CT molecular complexity index is 712. The summed E-state index contributed by atoms with van der Waals surface area (Å²) < 4.78 is 50.7. The Morgan fingerprint density at radius 1 is 1.00 bits per heavy atom. The van der Waals surface area contributed by atoms with Gasteiger partial charge in [-0.25, -0.2) is 17.2 Å². The van der Waals surface area contributed by atoms with Crippen molar-refractivity contribution in [3.05, 3.63) is 65.2 Å². The monoisotopic (exact) mass is 297 g/mol. The summed E-state index contributed by atoms with van der Waals surface area (Å²) in [5.41, 5.74) is 6.15. The molecule has 0 amide bonds. The van der Waals surface area contributed by atoms with Gasteiger partial charge in [-0.05, 0) is 35.9 Å². The Morgan fingerprint density at radius 3 is 2.25 bits per heavy atom. The molecule has 0 atom stereocenters. The van der Waals surface area contributed by atoms with Crippen LogP contribution in [0.3, 0.4) is 0 Å². The Balaban J connectivity index is 2.35. The highest BCUT2D eigenvalue weighted by atomic mass is 32.2. The second-order valence-electron chi connectivity index (χ2n) is 4.34. The number of hydrogen-bond acceptors (Lipinski definition) is 3. The minimum Gasteiger partial charge on any atom is -0.326 e. The summed E-state index contributed by atoms with van der Waals surface area (Å²) in [6.07, 6.45) is 0. The van der Waals surface area contributed by atoms with E-state index in [1.54, 1.807) is 0 Å². The van der Waals surface area contributed by atoms with E-state index in [-0.39, 0.29) is 17.0 Å². The zero-order valence-corrected chi connectivity index (χ0v) is 11.3. The van der Waals surface area contributed by atoms with Crippen LogP contribution >= 0.6 is 0 Å². The number of nitrogens with two attached hydrogens (primary N) is 1. The first-order valence-electron chi connectivity index (χ1n) is 5.88. The molecule has 2 rings (SSSR count). The number of halogens is 2. The van der Waals surface area contributed by atoms with Crippen molar-refractivity contribution in [2.45, 2.75) is 17.2 Å². The second kappa shape index (κ2) is 5.68. The van der Waals surface area contributed by atoms with Crippen LogP contribution < -0.4 is 5.73 Å². The molecule has 0 aliphatic rings. The van der Waals surface area contributed by atoms with Crippen LogP contribution in [0.5, 0.6) is 0 Å². The van der Waals surface area contributed by atoms with E-state index in [2.05, 4.69) is 0 Å². The molecule has 0 radical (unpaired) electrons. The first-order chi connectivity index (χ1) is 9.42. The number of sulfone groups is 1. The van der Waals surface area contributed by atoms with Crippen LogP contribution in [-0.2, 0) is 22.1 Å². The molecule has 0 saturated carbocycles. The minimum absolute atomic E-state index is 0.0450.